The lowest BCUT2D eigenvalue weighted by molar-refractivity contribution is 0.0620. The van der Waals surface area contributed by atoms with Crippen molar-refractivity contribution in [2.45, 2.75) is 33.2 Å². The number of carbonyl (C=O) groups excluding carboxylic acids is 1. The van der Waals surface area contributed by atoms with Crippen LogP contribution in [0.1, 0.15) is 37.0 Å². The molecule has 6 heteroatoms. The van der Waals surface area contributed by atoms with Crippen LogP contribution in [0.15, 0.2) is 18.5 Å². The van der Waals surface area contributed by atoms with Gasteiger partial charge in [-0.1, -0.05) is 13.8 Å². The second kappa shape index (κ2) is 6.66. The molecule has 0 aromatic carbocycles. The summed E-state index contributed by atoms with van der Waals surface area (Å²) in [7, 11) is 0. The minimum absolute atomic E-state index is 0.00541. The van der Waals surface area contributed by atoms with E-state index in [1.807, 2.05) is 15.6 Å². The van der Waals surface area contributed by atoms with Crippen LogP contribution in [0, 0.1) is 11.8 Å². The fraction of sp³-hybridized carbons (Fsp3) is 0.588. The Bertz CT molecular complexity index is 695. The number of hydrogen-bond donors (Lipinski definition) is 1. The lowest BCUT2D eigenvalue weighted by atomic mass is 9.98. The summed E-state index contributed by atoms with van der Waals surface area (Å²) in [5.74, 6) is 0.678. The Balaban J connectivity index is 1.81. The lowest BCUT2D eigenvalue weighted by Crippen LogP contribution is -2.40. The molecule has 2 aromatic heterocycles. The predicted molar refractivity (Wildman–Crippen MR) is 88.1 cm³/mol. The number of likely N-dealkylation sites (tertiary alicyclic amines) is 1. The second-order valence-electron chi connectivity index (χ2n) is 6.80. The van der Waals surface area contributed by atoms with Crippen LogP contribution in [-0.2, 0) is 6.54 Å². The number of aliphatic hydroxyl groups is 1. The van der Waals surface area contributed by atoms with Gasteiger partial charge < -0.3 is 10.0 Å². The van der Waals surface area contributed by atoms with Gasteiger partial charge in [0.05, 0.1) is 11.8 Å². The smallest absolute Gasteiger partial charge is 0.255 e. The van der Waals surface area contributed by atoms with E-state index in [0.29, 0.717) is 18.0 Å². The molecular weight excluding hydrogens is 292 g/mol. The van der Waals surface area contributed by atoms with E-state index in [-0.39, 0.29) is 18.4 Å². The Morgan fingerprint density at radius 3 is 3.00 bits per heavy atom. The van der Waals surface area contributed by atoms with Gasteiger partial charge in [0.25, 0.3) is 5.91 Å². The van der Waals surface area contributed by atoms with Crippen molar-refractivity contribution < 1.29 is 9.90 Å². The highest BCUT2D eigenvalue weighted by Gasteiger charge is 2.24. The van der Waals surface area contributed by atoms with Crippen LogP contribution in [-0.4, -0.2) is 50.4 Å². The minimum atomic E-state index is -0.00541. The normalized spacial score (nSPS) is 18.8. The van der Waals surface area contributed by atoms with Crippen molar-refractivity contribution in [1.29, 1.82) is 0 Å². The fourth-order valence-electron chi connectivity index (χ4n) is 3.15. The maximum absolute atomic E-state index is 12.7. The molecule has 1 atom stereocenters. The molecular formula is C17H24N4O2. The summed E-state index contributed by atoms with van der Waals surface area (Å²) in [6.45, 7) is 6.61. The van der Waals surface area contributed by atoms with Gasteiger partial charge in [0.15, 0.2) is 5.65 Å². The highest BCUT2D eigenvalue weighted by molar-refractivity contribution is 5.96. The van der Waals surface area contributed by atoms with Crippen LogP contribution in [0.25, 0.3) is 11.0 Å². The van der Waals surface area contributed by atoms with Crippen LogP contribution < -0.4 is 0 Å². The molecule has 1 aliphatic rings. The zero-order valence-corrected chi connectivity index (χ0v) is 13.8. The summed E-state index contributed by atoms with van der Waals surface area (Å²) < 4.78 is 1.89. The first-order valence-corrected chi connectivity index (χ1v) is 8.30. The molecule has 1 fully saturated rings. The van der Waals surface area contributed by atoms with E-state index in [9.17, 15) is 9.90 Å². The molecule has 6 nitrogen and oxygen atoms in total. The van der Waals surface area contributed by atoms with Crippen LogP contribution in [0.4, 0.5) is 0 Å². The van der Waals surface area contributed by atoms with Crippen LogP contribution >= 0.6 is 0 Å². The average molecular weight is 316 g/mol. The van der Waals surface area contributed by atoms with E-state index in [1.165, 1.54) is 0 Å². The number of nitrogens with zero attached hydrogens (tertiary/aromatic N) is 4. The number of hydrogen-bond acceptors (Lipinski definition) is 4. The molecule has 1 aliphatic heterocycles. The Morgan fingerprint density at radius 1 is 1.43 bits per heavy atom. The third-order valence-corrected chi connectivity index (χ3v) is 4.33. The van der Waals surface area contributed by atoms with Gasteiger partial charge in [-0.05, 0) is 30.7 Å². The van der Waals surface area contributed by atoms with Gasteiger partial charge in [-0.3, -0.25) is 4.79 Å². The Morgan fingerprint density at radius 2 is 2.26 bits per heavy atom. The first-order valence-electron chi connectivity index (χ1n) is 8.30. The first-order chi connectivity index (χ1) is 11.1. The van der Waals surface area contributed by atoms with Crippen LogP contribution in [0.2, 0.25) is 0 Å². The van der Waals surface area contributed by atoms with E-state index in [0.717, 1.165) is 37.0 Å². The van der Waals surface area contributed by atoms with Crippen molar-refractivity contribution >= 4 is 16.9 Å². The SMILES string of the molecule is CC(C)Cn1ncc2cc(C(=O)N3CCCC(CO)C3)cnc21. The molecule has 1 amide bonds. The number of aliphatic hydroxyl groups excluding tert-OH is 1. The Hall–Kier alpha value is -1.95. The van der Waals surface area contributed by atoms with Crippen LogP contribution in [0.3, 0.4) is 0 Å². The molecule has 23 heavy (non-hydrogen) atoms. The molecule has 0 radical (unpaired) electrons. The summed E-state index contributed by atoms with van der Waals surface area (Å²) in [6.07, 6.45) is 5.35. The molecule has 0 saturated carbocycles. The molecule has 124 valence electrons. The van der Waals surface area contributed by atoms with Gasteiger partial charge in [0.2, 0.25) is 0 Å². The monoisotopic (exact) mass is 316 g/mol. The van der Waals surface area contributed by atoms with Crippen LogP contribution in [0.5, 0.6) is 0 Å². The van der Waals surface area contributed by atoms with E-state index >= 15 is 0 Å². The van der Waals surface area contributed by atoms with Gasteiger partial charge >= 0.3 is 0 Å². The quantitative estimate of drug-likeness (QED) is 0.935. The number of pyridine rings is 1. The number of carbonyl (C=O) groups is 1. The molecule has 1 unspecified atom stereocenters. The van der Waals surface area contributed by atoms with Crippen molar-refractivity contribution in [2.75, 3.05) is 19.7 Å². The zero-order chi connectivity index (χ0) is 16.4. The van der Waals surface area contributed by atoms with Gasteiger partial charge in [0, 0.05) is 37.8 Å². The summed E-state index contributed by atoms with van der Waals surface area (Å²) in [6, 6.07) is 1.87. The molecule has 1 N–H and O–H groups in total. The predicted octanol–water partition coefficient (Wildman–Crippen LogP) is 1.93. The van der Waals surface area contributed by atoms with E-state index < -0.39 is 0 Å². The number of fused-ring (bicyclic) bond motifs is 1. The molecule has 0 aliphatic carbocycles. The van der Waals surface area contributed by atoms with E-state index in [2.05, 4.69) is 23.9 Å². The highest BCUT2D eigenvalue weighted by Crippen LogP contribution is 2.20. The summed E-state index contributed by atoms with van der Waals surface area (Å²) >= 11 is 0. The van der Waals surface area contributed by atoms with Gasteiger partial charge in [-0.25, -0.2) is 9.67 Å². The standard InChI is InChI=1S/C17H24N4O2/c1-12(2)9-21-16-14(8-19-21)6-15(7-18-16)17(23)20-5-3-4-13(10-20)11-22/h6-8,12-13,22H,3-5,9-11H2,1-2H3. The summed E-state index contributed by atoms with van der Waals surface area (Å²) in [4.78, 5) is 18.9. The summed E-state index contributed by atoms with van der Waals surface area (Å²) in [5.41, 5.74) is 1.42. The highest BCUT2D eigenvalue weighted by atomic mass is 16.3. The summed E-state index contributed by atoms with van der Waals surface area (Å²) in [5, 5.41) is 14.6. The van der Waals surface area contributed by atoms with E-state index in [1.54, 1.807) is 12.4 Å². The number of amides is 1. The largest absolute Gasteiger partial charge is 0.396 e. The maximum Gasteiger partial charge on any atom is 0.255 e. The van der Waals surface area contributed by atoms with Crippen molar-refractivity contribution in [3.8, 4) is 0 Å². The maximum atomic E-state index is 12.7. The Labute approximate surface area is 136 Å². The lowest BCUT2D eigenvalue weighted by Gasteiger charge is -2.31. The van der Waals surface area contributed by atoms with Gasteiger partial charge in [-0.15, -0.1) is 0 Å². The molecule has 2 aromatic rings. The molecule has 3 heterocycles. The van der Waals surface area contributed by atoms with E-state index in [4.69, 9.17) is 0 Å². The molecule has 3 rings (SSSR count). The Kier molecular flexibility index (Phi) is 4.61. The van der Waals surface area contributed by atoms with Crippen molar-refractivity contribution in [1.82, 2.24) is 19.7 Å². The zero-order valence-electron chi connectivity index (χ0n) is 13.8. The van der Waals surface area contributed by atoms with Crippen molar-refractivity contribution in [2.24, 2.45) is 11.8 Å². The molecule has 0 spiro atoms. The molecule has 1 saturated heterocycles. The van der Waals surface area contributed by atoms with Crippen molar-refractivity contribution in [3.63, 3.8) is 0 Å². The van der Waals surface area contributed by atoms with Crippen molar-refractivity contribution in [3.05, 3.63) is 24.0 Å². The first kappa shape index (κ1) is 15.9. The topological polar surface area (TPSA) is 71.2 Å². The number of piperidine rings is 1. The van der Waals surface area contributed by atoms with Gasteiger partial charge in [0.1, 0.15) is 0 Å². The third-order valence-electron chi connectivity index (χ3n) is 4.33. The number of aromatic nitrogens is 3. The molecule has 0 bridgehead atoms. The second-order valence-corrected chi connectivity index (χ2v) is 6.80. The average Bonchev–Trinajstić information content (AvgIpc) is 2.95. The minimum Gasteiger partial charge on any atom is -0.396 e. The number of rotatable bonds is 4. The third kappa shape index (κ3) is 3.37. The van der Waals surface area contributed by atoms with Gasteiger partial charge in [-0.2, -0.15) is 5.10 Å². The fourth-order valence-corrected chi connectivity index (χ4v) is 3.15.